The van der Waals surface area contributed by atoms with Crippen molar-refractivity contribution in [2.75, 3.05) is 50.9 Å². The summed E-state index contributed by atoms with van der Waals surface area (Å²) in [5.41, 5.74) is 2.29. The Hall–Kier alpha value is -2.49. The molecule has 1 aliphatic heterocycles. The SMILES string of the molecule is CCOc1ccc2nc(N(CCN3CCOCC3)C(=O)c3cc(C)n(CC)n3)sc2c1. The fourth-order valence-electron chi connectivity index (χ4n) is 3.69. The highest BCUT2D eigenvalue weighted by Crippen LogP contribution is 2.32. The maximum Gasteiger partial charge on any atom is 0.280 e. The molecule has 1 saturated heterocycles. The number of ether oxygens (including phenoxy) is 2. The zero-order chi connectivity index (χ0) is 21.8. The molecule has 2 aromatic heterocycles. The molecule has 1 amide bonds. The topological polar surface area (TPSA) is 72.7 Å². The molecule has 4 rings (SSSR count). The molecule has 0 saturated carbocycles. The molecule has 0 N–H and O–H groups in total. The predicted octanol–water partition coefficient (Wildman–Crippen LogP) is 3.20. The van der Waals surface area contributed by atoms with E-state index in [0.29, 0.717) is 24.0 Å². The lowest BCUT2D eigenvalue weighted by atomic mass is 10.3. The van der Waals surface area contributed by atoms with Gasteiger partial charge in [-0.3, -0.25) is 19.3 Å². The number of aromatic nitrogens is 3. The van der Waals surface area contributed by atoms with Crippen molar-refractivity contribution in [1.29, 1.82) is 0 Å². The quantitative estimate of drug-likeness (QED) is 0.532. The molecule has 0 radical (unpaired) electrons. The summed E-state index contributed by atoms with van der Waals surface area (Å²) in [6.45, 7) is 11.8. The van der Waals surface area contributed by atoms with Gasteiger partial charge in [-0.05, 0) is 45.0 Å². The van der Waals surface area contributed by atoms with E-state index in [4.69, 9.17) is 14.5 Å². The molecule has 0 atom stereocenters. The molecule has 0 unspecified atom stereocenters. The molecule has 1 fully saturated rings. The van der Waals surface area contributed by atoms with Gasteiger partial charge in [0.25, 0.3) is 5.91 Å². The molecule has 8 nitrogen and oxygen atoms in total. The molecule has 31 heavy (non-hydrogen) atoms. The van der Waals surface area contributed by atoms with Gasteiger partial charge >= 0.3 is 0 Å². The summed E-state index contributed by atoms with van der Waals surface area (Å²) in [4.78, 5) is 22.3. The van der Waals surface area contributed by atoms with Gasteiger partial charge in [-0.1, -0.05) is 11.3 Å². The molecule has 166 valence electrons. The van der Waals surface area contributed by atoms with Crippen LogP contribution in [0.25, 0.3) is 10.2 Å². The number of carbonyl (C=O) groups excluding carboxylic acids is 1. The van der Waals surface area contributed by atoms with Gasteiger partial charge < -0.3 is 9.47 Å². The Morgan fingerprint density at radius 2 is 2.06 bits per heavy atom. The standard InChI is InChI=1S/C22H29N5O3S/c1-4-27-16(3)14-19(24-27)21(28)26(9-8-25-10-12-29-13-11-25)22-23-18-7-6-17(30-5-2)15-20(18)31-22/h6-7,14-15H,4-5,8-13H2,1-3H3. The molecule has 0 aliphatic carbocycles. The fraction of sp³-hybridized carbons (Fsp3) is 0.500. The maximum atomic E-state index is 13.5. The minimum Gasteiger partial charge on any atom is -0.494 e. The highest BCUT2D eigenvalue weighted by Gasteiger charge is 2.25. The Bertz CT molecular complexity index is 1040. The van der Waals surface area contributed by atoms with E-state index in [0.717, 1.165) is 61.1 Å². The number of hydrogen-bond donors (Lipinski definition) is 0. The highest BCUT2D eigenvalue weighted by atomic mass is 32.1. The lowest BCUT2D eigenvalue weighted by Gasteiger charge is -2.29. The third-order valence-corrected chi connectivity index (χ3v) is 6.42. The average molecular weight is 444 g/mol. The van der Waals surface area contributed by atoms with Crippen molar-refractivity contribution in [2.24, 2.45) is 0 Å². The minimum absolute atomic E-state index is 0.118. The van der Waals surface area contributed by atoms with Gasteiger partial charge in [0, 0.05) is 38.4 Å². The van der Waals surface area contributed by atoms with Crippen molar-refractivity contribution in [3.8, 4) is 5.75 Å². The van der Waals surface area contributed by atoms with E-state index in [1.807, 2.05) is 49.7 Å². The molecule has 3 aromatic rings. The number of aryl methyl sites for hydroxylation is 2. The van der Waals surface area contributed by atoms with Crippen molar-refractivity contribution < 1.29 is 14.3 Å². The Labute approximate surface area is 186 Å². The number of benzene rings is 1. The van der Waals surface area contributed by atoms with Crippen LogP contribution in [0.3, 0.4) is 0 Å². The van der Waals surface area contributed by atoms with Crippen molar-refractivity contribution >= 4 is 32.6 Å². The Balaban J connectivity index is 1.63. The monoisotopic (exact) mass is 443 g/mol. The first-order valence-electron chi connectivity index (χ1n) is 10.8. The summed E-state index contributed by atoms with van der Waals surface area (Å²) in [5.74, 6) is 0.696. The van der Waals surface area contributed by atoms with E-state index in [-0.39, 0.29) is 5.91 Å². The summed E-state index contributed by atoms with van der Waals surface area (Å²) in [5, 5.41) is 5.20. The number of thiazole rings is 1. The minimum atomic E-state index is -0.118. The van der Waals surface area contributed by atoms with E-state index >= 15 is 0 Å². The molecule has 0 spiro atoms. The Morgan fingerprint density at radius 1 is 1.26 bits per heavy atom. The molecule has 3 heterocycles. The van der Waals surface area contributed by atoms with Gasteiger partial charge in [-0.2, -0.15) is 5.10 Å². The summed E-state index contributed by atoms with van der Waals surface area (Å²) in [6.07, 6.45) is 0. The molecule has 9 heteroatoms. The van der Waals surface area contributed by atoms with Crippen LogP contribution in [0.15, 0.2) is 24.3 Å². The zero-order valence-corrected chi connectivity index (χ0v) is 19.2. The Kier molecular flexibility index (Phi) is 6.84. The maximum absolute atomic E-state index is 13.5. The van der Waals surface area contributed by atoms with Crippen LogP contribution in [0.1, 0.15) is 30.0 Å². The lowest BCUT2D eigenvalue weighted by Crippen LogP contribution is -2.43. The first-order valence-corrected chi connectivity index (χ1v) is 11.6. The first kappa shape index (κ1) is 21.7. The van der Waals surface area contributed by atoms with Crippen molar-refractivity contribution in [3.63, 3.8) is 0 Å². The van der Waals surface area contributed by atoms with Gasteiger partial charge in [-0.25, -0.2) is 4.98 Å². The number of nitrogens with zero attached hydrogens (tertiary/aromatic N) is 5. The molecular weight excluding hydrogens is 414 g/mol. The number of morpholine rings is 1. The largest absolute Gasteiger partial charge is 0.494 e. The van der Waals surface area contributed by atoms with E-state index in [1.165, 1.54) is 11.3 Å². The molecule has 1 aromatic carbocycles. The van der Waals surface area contributed by atoms with Crippen molar-refractivity contribution in [3.05, 3.63) is 35.7 Å². The fourth-order valence-corrected chi connectivity index (χ4v) is 4.71. The van der Waals surface area contributed by atoms with Crippen LogP contribution in [-0.2, 0) is 11.3 Å². The number of rotatable bonds is 8. The number of anilines is 1. The van der Waals surface area contributed by atoms with Gasteiger partial charge in [-0.15, -0.1) is 0 Å². The van der Waals surface area contributed by atoms with Crippen LogP contribution in [-0.4, -0.2) is 71.6 Å². The second kappa shape index (κ2) is 9.76. The lowest BCUT2D eigenvalue weighted by molar-refractivity contribution is 0.0391. The number of hydrogen-bond acceptors (Lipinski definition) is 7. The summed E-state index contributed by atoms with van der Waals surface area (Å²) in [7, 11) is 0. The third kappa shape index (κ3) is 4.89. The van der Waals surface area contributed by atoms with Gasteiger partial charge in [0.05, 0.1) is 30.0 Å². The Morgan fingerprint density at radius 3 is 2.77 bits per heavy atom. The second-order valence-corrected chi connectivity index (χ2v) is 8.47. The molecule has 0 bridgehead atoms. The number of amides is 1. The van der Waals surface area contributed by atoms with Crippen LogP contribution >= 0.6 is 11.3 Å². The third-order valence-electron chi connectivity index (χ3n) is 5.38. The highest BCUT2D eigenvalue weighted by molar-refractivity contribution is 7.22. The van der Waals surface area contributed by atoms with Crippen LogP contribution in [0, 0.1) is 6.92 Å². The number of fused-ring (bicyclic) bond motifs is 1. The zero-order valence-electron chi connectivity index (χ0n) is 18.3. The summed E-state index contributed by atoms with van der Waals surface area (Å²) in [6, 6.07) is 7.71. The van der Waals surface area contributed by atoms with Crippen LogP contribution in [0.4, 0.5) is 5.13 Å². The van der Waals surface area contributed by atoms with Crippen molar-refractivity contribution in [1.82, 2.24) is 19.7 Å². The van der Waals surface area contributed by atoms with Gasteiger partial charge in [0.1, 0.15) is 5.75 Å². The van der Waals surface area contributed by atoms with Gasteiger partial charge in [0.15, 0.2) is 10.8 Å². The summed E-state index contributed by atoms with van der Waals surface area (Å²) < 4.78 is 13.9. The average Bonchev–Trinajstić information content (AvgIpc) is 3.37. The van der Waals surface area contributed by atoms with E-state index < -0.39 is 0 Å². The molecular formula is C22H29N5O3S. The van der Waals surface area contributed by atoms with Crippen LogP contribution in [0.2, 0.25) is 0 Å². The van der Waals surface area contributed by atoms with Crippen LogP contribution in [0.5, 0.6) is 5.75 Å². The molecule has 1 aliphatic rings. The summed E-state index contributed by atoms with van der Waals surface area (Å²) >= 11 is 1.51. The van der Waals surface area contributed by atoms with E-state index in [9.17, 15) is 4.79 Å². The van der Waals surface area contributed by atoms with Gasteiger partial charge in [0.2, 0.25) is 0 Å². The predicted molar refractivity (Wildman–Crippen MR) is 122 cm³/mol. The second-order valence-electron chi connectivity index (χ2n) is 7.46. The smallest absolute Gasteiger partial charge is 0.280 e. The van der Waals surface area contributed by atoms with Crippen molar-refractivity contribution in [2.45, 2.75) is 27.3 Å². The first-order chi connectivity index (χ1) is 15.1. The van der Waals surface area contributed by atoms with E-state index in [2.05, 4.69) is 10.00 Å². The number of carbonyl (C=O) groups is 1. The normalized spacial score (nSPS) is 14.8. The van der Waals surface area contributed by atoms with E-state index in [1.54, 1.807) is 4.90 Å². The van der Waals surface area contributed by atoms with Crippen LogP contribution < -0.4 is 9.64 Å².